The van der Waals surface area contributed by atoms with E-state index in [1.165, 1.54) is 11.3 Å². The van der Waals surface area contributed by atoms with Gasteiger partial charge in [0.25, 0.3) is 11.8 Å². The zero-order valence-electron chi connectivity index (χ0n) is 18.2. The average Bonchev–Trinajstić information content (AvgIpc) is 3.00. The Labute approximate surface area is 210 Å². The lowest BCUT2D eigenvalue weighted by molar-refractivity contribution is 0.100. The molecule has 1 aliphatic rings. The minimum Gasteiger partial charge on any atom is -0.365 e. The van der Waals surface area contributed by atoms with Gasteiger partial charge in [0.05, 0.1) is 32.4 Å². The summed E-state index contributed by atoms with van der Waals surface area (Å²) in [6, 6.07) is 14.4. The summed E-state index contributed by atoms with van der Waals surface area (Å²) in [7, 11) is 0. The van der Waals surface area contributed by atoms with Gasteiger partial charge in [0, 0.05) is 15.8 Å². The van der Waals surface area contributed by atoms with Gasteiger partial charge < -0.3 is 11.1 Å². The number of hydrogen-bond donors (Lipinski definition) is 2. The molecular formula is C26H21Cl2N3O2S. The molecule has 4 aromatic rings. The van der Waals surface area contributed by atoms with Crippen LogP contribution in [0, 0.1) is 0 Å². The van der Waals surface area contributed by atoms with Crippen LogP contribution in [0.25, 0.3) is 22.2 Å². The average molecular weight is 510 g/mol. The summed E-state index contributed by atoms with van der Waals surface area (Å²) in [6.07, 6.45) is 4.91. The Morgan fingerprint density at radius 3 is 2.56 bits per heavy atom. The molecule has 0 radical (unpaired) electrons. The van der Waals surface area contributed by atoms with Crippen LogP contribution in [0.1, 0.15) is 50.4 Å². The van der Waals surface area contributed by atoms with Crippen molar-refractivity contribution in [3.63, 3.8) is 0 Å². The molecule has 2 aromatic carbocycles. The van der Waals surface area contributed by atoms with Crippen molar-refractivity contribution in [1.29, 1.82) is 0 Å². The molecule has 0 saturated carbocycles. The van der Waals surface area contributed by atoms with Gasteiger partial charge in [-0.2, -0.15) is 0 Å². The van der Waals surface area contributed by atoms with Gasteiger partial charge in [0.2, 0.25) is 0 Å². The summed E-state index contributed by atoms with van der Waals surface area (Å²) in [5.41, 5.74) is 9.65. The Balaban J connectivity index is 1.59. The van der Waals surface area contributed by atoms with E-state index in [0.29, 0.717) is 42.8 Å². The van der Waals surface area contributed by atoms with Crippen LogP contribution in [-0.2, 0) is 12.8 Å². The first-order valence-electron chi connectivity index (χ1n) is 11.0. The van der Waals surface area contributed by atoms with Crippen LogP contribution in [0.4, 0.5) is 5.00 Å². The number of amides is 2. The number of halogens is 2. The van der Waals surface area contributed by atoms with Crippen molar-refractivity contribution >= 4 is 62.3 Å². The number of hydrogen-bond acceptors (Lipinski definition) is 4. The molecular weight excluding hydrogens is 489 g/mol. The lowest BCUT2D eigenvalue weighted by Gasteiger charge is -2.11. The lowest BCUT2D eigenvalue weighted by atomic mass is 10.0. The van der Waals surface area contributed by atoms with Crippen molar-refractivity contribution in [2.24, 2.45) is 5.73 Å². The highest BCUT2D eigenvalue weighted by Gasteiger charge is 2.25. The molecule has 3 N–H and O–H groups in total. The normalized spacial score (nSPS) is 13.4. The molecule has 0 aliphatic heterocycles. The van der Waals surface area contributed by atoms with E-state index in [2.05, 4.69) is 5.32 Å². The Morgan fingerprint density at radius 2 is 1.76 bits per heavy atom. The Kier molecular flexibility index (Phi) is 6.30. The number of rotatable bonds is 4. The number of nitrogens with two attached hydrogens (primary N) is 1. The molecule has 172 valence electrons. The van der Waals surface area contributed by atoms with E-state index in [1.54, 1.807) is 18.2 Å². The number of fused-ring (bicyclic) bond motifs is 2. The highest BCUT2D eigenvalue weighted by atomic mass is 35.5. The van der Waals surface area contributed by atoms with Gasteiger partial charge in [-0.05, 0) is 55.5 Å². The van der Waals surface area contributed by atoms with Gasteiger partial charge in [-0.3, -0.25) is 9.59 Å². The third-order valence-corrected chi connectivity index (χ3v) is 8.02. The topological polar surface area (TPSA) is 85.1 Å². The number of nitrogens with one attached hydrogen (secondary N) is 1. The second kappa shape index (κ2) is 9.37. The molecule has 34 heavy (non-hydrogen) atoms. The van der Waals surface area contributed by atoms with Crippen LogP contribution < -0.4 is 11.1 Å². The number of primary amides is 1. The second-order valence-electron chi connectivity index (χ2n) is 8.29. The fourth-order valence-corrected chi connectivity index (χ4v) is 6.02. The number of para-hydroxylation sites is 1. The molecule has 0 saturated heterocycles. The zero-order valence-corrected chi connectivity index (χ0v) is 20.5. The van der Waals surface area contributed by atoms with Crippen molar-refractivity contribution in [2.45, 2.75) is 32.1 Å². The first kappa shape index (κ1) is 22.8. The van der Waals surface area contributed by atoms with Gasteiger partial charge in [0.15, 0.2) is 0 Å². The van der Waals surface area contributed by atoms with Crippen molar-refractivity contribution in [2.75, 3.05) is 5.32 Å². The smallest absolute Gasteiger partial charge is 0.257 e. The Bertz CT molecular complexity index is 1450. The van der Waals surface area contributed by atoms with Crippen molar-refractivity contribution in [1.82, 2.24) is 4.98 Å². The third-order valence-electron chi connectivity index (χ3n) is 6.07. The van der Waals surface area contributed by atoms with Crippen LogP contribution in [0.2, 0.25) is 10.0 Å². The lowest BCUT2D eigenvalue weighted by Crippen LogP contribution is -2.18. The maximum absolute atomic E-state index is 13.6. The second-order valence-corrected chi connectivity index (χ2v) is 10.2. The van der Waals surface area contributed by atoms with Gasteiger partial charge in [-0.25, -0.2) is 4.98 Å². The molecule has 8 heteroatoms. The number of thiophene rings is 1. The first-order chi connectivity index (χ1) is 16.4. The molecule has 2 amide bonds. The molecule has 0 atom stereocenters. The number of carbonyl (C=O) groups is 2. The van der Waals surface area contributed by atoms with Gasteiger partial charge in [0.1, 0.15) is 5.00 Å². The minimum atomic E-state index is -0.509. The highest BCUT2D eigenvalue weighted by molar-refractivity contribution is 7.17. The van der Waals surface area contributed by atoms with E-state index in [9.17, 15) is 9.59 Å². The molecule has 0 spiro atoms. The number of benzene rings is 2. The molecule has 1 aliphatic carbocycles. The standard InChI is InChI=1S/C26H21Cl2N3O2S/c27-18-11-10-14(12-19(18)28)21-13-17(15-6-4-5-8-20(15)30-21)25(33)31-26-23(24(29)32)16-7-2-1-3-9-22(16)34-26/h4-6,8,10-13H,1-3,7,9H2,(H2,29,32)(H,31,33). The number of aromatic nitrogens is 1. The summed E-state index contributed by atoms with van der Waals surface area (Å²) >= 11 is 13.7. The summed E-state index contributed by atoms with van der Waals surface area (Å²) in [5, 5.41) is 5.06. The summed E-state index contributed by atoms with van der Waals surface area (Å²) < 4.78 is 0. The van der Waals surface area contributed by atoms with Gasteiger partial charge in [-0.1, -0.05) is 53.9 Å². The maximum atomic E-state index is 13.6. The Hall–Kier alpha value is -2.93. The molecule has 2 heterocycles. The predicted molar refractivity (Wildman–Crippen MR) is 139 cm³/mol. The van der Waals surface area contributed by atoms with Crippen LogP contribution in [0.5, 0.6) is 0 Å². The van der Waals surface area contributed by atoms with E-state index in [-0.39, 0.29) is 5.91 Å². The van der Waals surface area contributed by atoms with E-state index in [0.717, 1.165) is 48.1 Å². The quantitative estimate of drug-likeness (QED) is 0.293. The largest absolute Gasteiger partial charge is 0.365 e. The van der Waals surface area contributed by atoms with Crippen LogP contribution in [0.15, 0.2) is 48.5 Å². The monoisotopic (exact) mass is 509 g/mol. The van der Waals surface area contributed by atoms with Crippen molar-refractivity contribution < 1.29 is 9.59 Å². The maximum Gasteiger partial charge on any atom is 0.257 e. The fourth-order valence-electron chi connectivity index (χ4n) is 4.43. The summed E-state index contributed by atoms with van der Waals surface area (Å²) in [5.74, 6) is -0.829. The SMILES string of the molecule is NC(=O)c1c(NC(=O)c2cc(-c3ccc(Cl)c(Cl)c3)nc3ccccc23)sc2c1CCCCC2. The van der Waals surface area contributed by atoms with Gasteiger partial charge in [-0.15, -0.1) is 11.3 Å². The van der Waals surface area contributed by atoms with E-state index in [1.807, 2.05) is 30.3 Å². The van der Waals surface area contributed by atoms with Crippen molar-refractivity contribution in [3.05, 3.63) is 80.1 Å². The van der Waals surface area contributed by atoms with Crippen LogP contribution in [0.3, 0.4) is 0 Å². The molecule has 5 nitrogen and oxygen atoms in total. The van der Waals surface area contributed by atoms with E-state index < -0.39 is 5.91 Å². The molecule has 0 unspecified atom stereocenters. The summed E-state index contributed by atoms with van der Waals surface area (Å²) in [4.78, 5) is 31.8. The Morgan fingerprint density at radius 1 is 0.971 bits per heavy atom. The predicted octanol–water partition coefficient (Wildman–Crippen LogP) is 6.89. The zero-order chi connectivity index (χ0) is 23.8. The number of aryl methyl sites for hydroxylation is 1. The molecule has 5 rings (SSSR count). The number of pyridine rings is 1. The number of nitrogens with zero attached hydrogens (tertiary/aromatic N) is 1. The molecule has 0 fully saturated rings. The number of anilines is 1. The molecule has 2 aromatic heterocycles. The number of carbonyl (C=O) groups excluding carboxylic acids is 2. The summed E-state index contributed by atoms with van der Waals surface area (Å²) in [6.45, 7) is 0. The fraction of sp³-hybridized carbons (Fsp3) is 0.192. The third kappa shape index (κ3) is 4.29. The van der Waals surface area contributed by atoms with E-state index >= 15 is 0 Å². The highest BCUT2D eigenvalue weighted by Crippen LogP contribution is 2.38. The van der Waals surface area contributed by atoms with E-state index in [4.69, 9.17) is 33.9 Å². The first-order valence-corrected chi connectivity index (χ1v) is 12.6. The van der Waals surface area contributed by atoms with Crippen LogP contribution in [-0.4, -0.2) is 16.8 Å². The van der Waals surface area contributed by atoms with Crippen molar-refractivity contribution in [3.8, 4) is 11.3 Å². The van der Waals surface area contributed by atoms with Crippen LogP contribution >= 0.6 is 34.5 Å². The minimum absolute atomic E-state index is 0.321. The molecule has 0 bridgehead atoms. The van der Waals surface area contributed by atoms with Gasteiger partial charge >= 0.3 is 0 Å².